The number of carbonyl (C=O) groups is 1. The molecule has 0 saturated heterocycles. The summed E-state index contributed by atoms with van der Waals surface area (Å²) in [5.41, 5.74) is 0. The summed E-state index contributed by atoms with van der Waals surface area (Å²) in [6.45, 7) is 11.2. The van der Waals surface area contributed by atoms with Crippen LogP contribution in [0.4, 0.5) is 0 Å². The summed E-state index contributed by atoms with van der Waals surface area (Å²) in [6.07, 6.45) is 5.91. The Hall–Kier alpha value is -1.30. The van der Waals surface area contributed by atoms with Gasteiger partial charge in [-0.1, -0.05) is 26.7 Å². The number of hydrogen-bond acceptors (Lipinski definition) is 4. The van der Waals surface area contributed by atoms with Gasteiger partial charge in [0.25, 0.3) is 0 Å². The van der Waals surface area contributed by atoms with Crippen molar-refractivity contribution in [3.8, 4) is 0 Å². The number of nitrogens with zero attached hydrogens (tertiary/aromatic N) is 1. The number of carbonyl (C=O) groups excluding carboxylic acids is 1. The van der Waals surface area contributed by atoms with Crippen LogP contribution in [0.25, 0.3) is 0 Å². The molecule has 1 unspecified atom stereocenters. The monoisotopic (exact) mass is 357 g/mol. The Kier molecular flexibility index (Phi) is 15.3. The molecule has 6 nitrogen and oxygen atoms in total. The van der Waals surface area contributed by atoms with Gasteiger partial charge in [-0.15, -0.1) is 0 Å². The van der Waals surface area contributed by atoms with Crippen LogP contribution < -0.4 is 10.6 Å². The van der Waals surface area contributed by atoms with Crippen LogP contribution in [-0.4, -0.2) is 51.4 Å². The third-order valence-corrected chi connectivity index (χ3v) is 3.97. The quantitative estimate of drug-likeness (QED) is 0.216. The predicted molar refractivity (Wildman–Crippen MR) is 104 cm³/mol. The second kappa shape index (κ2) is 16.2. The van der Waals surface area contributed by atoms with Crippen molar-refractivity contribution in [3.63, 3.8) is 0 Å². The zero-order valence-corrected chi connectivity index (χ0v) is 16.9. The third-order valence-electron chi connectivity index (χ3n) is 3.97. The first-order valence-corrected chi connectivity index (χ1v) is 9.76. The second-order valence-corrected chi connectivity index (χ2v) is 6.42. The van der Waals surface area contributed by atoms with Crippen molar-refractivity contribution in [2.45, 2.75) is 72.3 Å². The lowest BCUT2D eigenvalue weighted by molar-refractivity contribution is -0.143. The average Bonchev–Trinajstić information content (AvgIpc) is 2.58. The average molecular weight is 358 g/mol. The highest BCUT2D eigenvalue weighted by Crippen LogP contribution is 2.09. The molecule has 0 amide bonds. The minimum absolute atomic E-state index is 0.0861. The van der Waals surface area contributed by atoms with Gasteiger partial charge >= 0.3 is 5.97 Å². The van der Waals surface area contributed by atoms with Crippen LogP contribution in [0, 0.1) is 5.92 Å². The lowest BCUT2D eigenvalue weighted by Crippen LogP contribution is -2.39. The lowest BCUT2D eigenvalue weighted by Gasteiger charge is -2.21. The van der Waals surface area contributed by atoms with E-state index in [-0.39, 0.29) is 12.1 Å². The molecule has 0 aliphatic heterocycles. The van der Waals surface area contributed by atoms with Crippen LogP contribution >= 0.6 is 0 Å². The maximum Gasteiger partial charge on any atom is 0.305 e. The van der Waals surface area contributed by atoms with E-state index in [0.717, 1.165) is 57.8 Å². The molecule has 25 heavy (non-hydrogen) atoms. The third kappa shape index (κ3) is 13.6. The van der Waals surface area contributed by atoms with Gasteiger partial charge in [-0.25, -0.2) is 0 Å². The minimum atomic E-state index is -0.0861. The van der Waals surface area contributed by atoms with Gasteiger partial charge in [-0.2, -0.15) is 0 Å². The van der Waals surface area contributed by atoms with Gasteiger partial charge in [0.05, 0.1) is 12.7 Å². The number of esters is 1. The van der Waals surface area contributed by atoms with Crippen LogP contribution in [-0.2, 0) is 14.3 Å². The Morgan fingerprint density at radius 3 is 2.28 bits per heavy atom. The standard InChI is InChI=1S/C19H39N3O3/c1-6-24-17(16(3)4)13-15-22-19(20-5)21-14-11-9-8-10-12-18(23)25-7-2/h16-17H,6-15H2,1-5H3,(H2,20,21,22). The SMILES string of the molecule is CCOC(=O)CCCCCCNC(=NC)NCCC(OCC)C(C)C. The molecule has 0 aliphatic rings. The van der Waals surface area contributed by atoms with E-state index in [9.17, 15) is 4.79 Å². The van der Waals surface area contributed by atoms with Gasteiger partial charge in [0.1, 0.15) is 0 Å². The number of hydrogen-bond donors (Lipinski definition) is 2. The summed E-state index contributed by atoms with van der Waals surface area (Å²) in [7, 11) is 1.79. The van der Waals surface area contributed by atoms with E-state index in [2.05, 4.69) is 29.5 Å². The van der Waals surface area contributed by atoms with Crippen molar-refractivity contribution < 1.29 is 14.3 Å². The molecule has 0 aliphatic carbocycles. The zero-order chi connectivity index (χ0) is 18.9. The molecule has 6 heteroatoms. The lowest BCUT2D eigenvalue weighted by atomic mass is 10.0. The van der Waals surface area contributed by atoms with Gasteiger partial charge in [0.15, 0.2) is 5.96 Å². The molecule has 0 aromatic rings. The fraction of sp³-hybridized carbons (Fsp3) is 0.895. The topological polar surface area (TPSA) is 72.0 Å². The number of unbranched alkanes of at least 4 members (excludes halogenated alkanes) is 3. The fourth-order valence-corrected chi connectivity index (χ4v) is 2.56. The normalized spacial score (nSPS) is 13.0. The smallest absolute Gasteiger partial charge is 0.305 e. The first-order valence-electron chi connectivity index (χ1n) is 9.76. The highest BCUT2D eigenvalue weighted by Gasteiger charge is 2.12. The number of guanidine groups is 1. The second-order valence-electron chi connectivity index (χ2n) is 6.42. The summed E-state index contributed by atoms with van der Waals surface area (Å²) in [6, 6.07) is 0. The molecule has 2 N–H and O–H groups in total. The molecule has 0 heterocycles. The van der Waals surface area contributed by atoms with Crippen LogP contribution in [0.1, 0.15) is 66.2 Å². The molecule has 0 rings (SSSR count). The highest BCUT2D eigenvalue weighted by molar-refractivity contribution is 5.79. The minimum Gasteiger partial charge on any atom is -0.466 e. The van der Waals surface area contributed by atoms with E-state index >= 15 is 0 Å². The Labute approximate surface area is 154 Å². The molecule has 0 saturated carbocycles. The van der Waals surface area contributed by atoms with Gasteiger partial charge in [-0.3, -0.25) is 9.79 Å². The molecule has 1 atom stereocenters. The number of rotatable bonds is 14. The van der Waals surface area contributed by atoms with Crippen molar-refractivity contribution in [3.05, 3.63) is 0 Å². The summed E-state index contributed by atoms with van der Waals surface area (Å²) in [4.78, 5) is 15.5. The summed E-state index contributed by atoms with van der Waals surface area (Å²) >= 11 is 0. The number of aliphatic imine (C=N–C) groups is 1. The molecule has 148 valence electrons. The van der Waals surface area contributed by atoms with E-state index in [1.807, 2.05) is 13.8 Å². The summed E-state index contributed by atoms with van der Waals surface area (Å²) in [5.74, 6) is 1.27. The van der Waals surface area contributed by atoms with E-state index in [1.165, 1.54) is 0 Å². The van der Waals surface area contributed by atoms with Crippen molar-refractivity contribution >= 4 is 11.9 Å². The summed E-state index contributed by atoms with van der Waals surface area (Å²) < 4.78 is 10.7. The first kappa shape index (κ1) is 23.7. The highest BCUT2D eigenvalue weighted by atomic mass is 16.5. The molecule has 0 spiro atoms. The zero-order valence-electron chi connectivity index (χ0n) is 16.9. The largest absolute Gasteiger partial charge is 0.466 e. The Morgan fingerprint density at radius 1 is 1.00 bits per heavy atom. The molecule has 0 aromatic heterocycles. The maximum absolute atomic E-state index is 11.2. The van der Waals surface area contributed by atoms with Gasteiger partial charge in [0, 0.05) is 33.2 Å². The molecule has 0 bridgehead atoms. The van der Waals surface area contributed by atoms with E-state index < -0.39 is 0 Å². The molecular formula is C19H39N3O3. The number of nitrogens with one attached hydrogen (secondary N) is 2. The summed E-state index contributed by atoms with van der Waals surface area (Å²) in [5, 5.41) is 6.67. The Morgan fingerprint density at radius 2 is 1.68 bits per heavy atom. The molecule has 0 aromatic carbocycles. The Balaban J connectivity index is 3.70. The number of ether oxygens (including phenoxy) is 2. The van der Waals surface area contributed by atoms with Gasteiger partial charge in [0.2, 0.25) is 0 Å². The molecule has 0 fully saturated rings. The van der Waals surface area contributed by atoms with E-state index in [1.54, 1.807) is 7.05 Å². The van der Waals surface area contributed by atoms with Crippen LogP contribution in [0.15, 0.2) is 4.99 Å². The van der Waals surface area contributed by atoms with Crippen LogP contribution in [0.5, 0.6) is 0 Å². The maximum atomic E-state index is 11.2. The van der Waals surface area contributed by atoms with Gasteiger partial charge < -0.3 is 20.1 Å². The Bertz CT molecular complexity index is 360. The van der Waals surface area contributed by atoms with Gasteiger partial charge in [-0.05, 0) is 39.0 Å². The fourth-order valence-electron chi connectivity index (χ4n) is 2.56. The van der Waals surface area contributed by atoms with Crippen molar-refractivity contribution in [2.75, 3.05) is 33.4 Å². The van der Waals surface area contributed by atoms with E-state index in [0.29, 0.717) is 18.9 Å². The molecule has 0 radical (unpaired) electrons. The molecular weight excluding hydrogens is 318 g/mol. The van der Waals surface area contributed by atoms with Crippen molar-refractivity contribution in [2.24, 2.45) is 10.9 Å². The predicted octanol–water partition coefficient (Wildman–Crippen LogP) is 3.12. The van der Waals surface area contributed by atoms with Crippen molar-refractivity contribution in [1.29, 1.82) is 0 Å². The van der Waals surface area contributed by atoms with Crippen LogP contribution in [0.3, 0.4) is 0 Å². The first-order chi connectivity index (χ1) is 12.0. The van der Waals surface area contributed by atoms with Crippen molar-refractivity contribution in [1.82, 2.24) is 10.6 Å². The van der Waals surface area contributed by atoms with Crippen LogP contribution in [0.2, 0.25) is 0 Å². The van der Waals surface area contributed by atoms with E-state index in [4.69, 9.17) is 9.47 Å².